The highest BCUT2D eigenvalue weighted by molar-refractivity contribution is 5.78. The molecule has 80 valence electrons. The van der Waals surface area contributed by atoms with Crippen LogP contribution in [0, 0.1) is 4.91 Å². The molecule has 15 heavy (non-hydrogen) atoms. The number of rotatable bonds is 6. The van der Waals surface area contributed by atoms with Crippen molar-refractivity contribution in [2.24, 2.45) is 0 Å². The third kappa shape index (κ3) is 3.38. The van der Waals surface area contributed by atoms with Crippen molar-refractivity contribution in [3.63, 3.8) is 0 Å². The van der Waals surface area contributed by atoms with Gasteiger partial charge < -0.3 is 0 Å². The van der Waals surface area contributed by atoms with Gasteiger partial charge in [0.05, 0.1) is 5.56 Å². The van der Waals surface area contributed by atoms with Gasteiger partial charge in [0.2, 0.25) is 5.75 Å². The van der Waals surface area contributed by atoms with Crippen molar-refractivity contribution in [1.82, 2.24) is 0 Å². The molecular formula is C10H12NO4+. The summed E-state index contributed by atoms with van der Waals surface area (Å²) in [5, 5.41) is 0.00579. The van der Waals surface area contributed by atoms with E-state index in [1.807, 2.05) is 6.92 Å². The molecule has 0 aliphatic carbocycles. The summed E-state index contributed by atoms with van der Waals surface area (Å²) in [6.45, 7) is 2.14. The lowest BCUT2D eigenvalue weighted by molar-refractivity contribution is -0.952. The maximum Gasteiger partial charge on any atom is 0.483 e. The first-order valence-electron chi connectivity index (χ1n) is 4.60. The molecule has 0 aliphatic heterocycles. The highest BCUT2D eigenvalue weighted by Crippen LogP contribution is 2.15. The maximum atomic E-state index is 11.0. The molecule has 0 N–H and O–H groups in total. The van der Waals surface area contributed by atoms with Gasteiger partial charge in [-0.3, -0.25) is 4.79 Å². The largest absolute Gasteiger partial charge is 0.483 e. The quantitative estimate of drug-likeness (QED) is 0.531. The smallest absolute Gasteiger partial charge is 0.298 e. The van der Waals surface area contributed by atoms with Crippen LogP contribution in [0.15, 0.2) is 24.3 Å². The third-order valence-corrected chi connectivity index (χ3v) is 1.62. The van der Waals surface area contributed by atoms with Crippen LogP contribution in [-0.4, -0.2) is 18.0 Å². The van der Waals surface area contributed by atoms with Crippen LogP contribution in [0.5, 0.6) is 5.75 Å². The molecule has 0 spiro atoms. The fourth-order valence-corrected chi connectivity index (χ4v) is 0.934. The van der Waals surface area contributed by atoms with Crippen molar-refractivity contribution >= 4 is 6.29 Å². The van der Waals surface area contributed by atoms with E-state index in [1.165, 1.54) is 6.07 Å². The molecule has 0 radical (unpaired) electrons. The Morgan fingerprint density at radius 3 is 2.80 bits per heavy atom. The third-order valence-electron chi connectivity index (χ3n) is 1.62. The molecule has 0 fully saturated rings. The molecule has 0 aliphatic rings. The Kier molecular flexibility index (Phi) is 4.28. The van der Waals surface area contributed by atoms with Gasteiger partial charge in [0, 0.05) is 0 Å². The van der Waals surface area contributed by atoms with Gasteiger partial charge in [0.25, 0.3) is 0 Å². The van der Waals surface area contributed by atoms with Crippen LogP contribution in [0.2, 0.25) is 0 Å². The van der Waals surface area contributed by atoms with Crippen LogP contribution in [0.1, 0.15) is 23.7 Å². The van der Waals surface area contributed by atoms with Crippen molar-refractivity contribution in [3.05, 3.63) is 34.7 Å². The molecule has 0 saturated heterocycles. The summed E-state index contributed by atoms with van der Waals surface area (Å²) in [5.41, 5.74) is 0.304. The van der Waals surface area contributed by atoms with Crippen molar-refractivity contribution in [2.45, 2.75) is 13.3 Å². The Bertz CT molecular complexity index is 351. The molecule has 0 aromatic heterocycles. The first-order chi connectivity index (χ1) is 7.27. The van der Waals surface area contributed by atoms with Gasteiger partial charge in [-0.1, -0.05) is 19.1 Å². The van der Waals surface area contributed by atoms with Gasteiger partial charge in [0.15, 0.2) is 12.9 Å². The Hall–Kier alpha value is -1.91. The summed E-state index contributed by atoms with van der Waals surface area (Å²) in [6.07, 6.45) is 1.32. The van der Waals surface area contributed by atoms with Crippen LogP contribution < -0.4 is 4.84 Å². The second kappa shape index (κ2) is 5.74. The monoisotopic (exact) mass is 210 g/mol. The molecule has 1 rings (SSSR count). The maximum absolute atomic E-state index is 11.0. The Labute approximate surface area is 87.1 Å². The summed E-state index contributed by atoms with van der Waals surface area (Å²) < 4.78 is 0. The average Bonchev–Trinajstić information content (AvgIpc) is 2.27. The van der Waals surface area contributed by atoms with E-state index in [0.717, 1.165) is 0 Å². The van der Waals surface area contributed by atoms with Gasteiger partial charge in [-0.15, -0.1) is 4.84 Å². The Morgan fingerprint density at radius 1 is 1.40 bits per heavy atom. The standard InChI is InChI=1S/C10H12NO4/c1-2-7-14-11(13)15-10-6-4-3-5-9(10)8-12/h3-6,8H,2,7H2,1H3/q+1. The lowest BCUT2D eigenvalue weighted by Gasteiger charge is -1.96. The zero-order valence-electron chi connectivity index (χ0n) is 8.38. The minimum atomic E-state index is 0.00579. The van der Waals surface area contributed by atoms with Crippen molar-refractivity contribution in [1.29, 1.82) is 0 Å². The van der Waals surface area contributed by atoms with Crippen molar-refractivity contribution < 1.29 is 19.6 Å². The number of benzene rings is 1. The average molecular weight is 210 g/mol. The first-order valence-corrected chi connectivity index (χ1v) is 4.60. The number of nitrogens with zero attached hydrogens (tertiary/aromatic N) is 1. The van der Waals surface area contributed by atoms with Crippen molar-refractivity contribution in [2.75, 3.05) is 6.61 Å². The van der Waals surface area contributed by atoms with Crippen molar-refractivity contribution in [3.8, 4) is 5.75 Å². The number of carbonyl (C=O) groups is 1. The van der Waals surface area contributed by atoms with E-state index in [0.29, 0.717) is 18.3 Å². The van der Waals surface area contributed by atoms with Crippen LogP contribution >= 0.6 is 0 Å². The molecule has 0 bridgehead atoms. The molecular weight excluding hydrogens is 198 g/mol. The van der Waals surface area contributed by atoms with E-state index in [9.17, 15) is 9.70 Å². The topological polar surface area (TPSA) is 55.6 Å². The first kappa shape index (κ1) is 11.2. The van der Waals surface area contributed by atoms with Crippen LogP contribution in [0.4, 0.5) is 0 Å². The van der Waals surface area contributed by atoms with E-state index in [4.69, 9.17) is 4.84 Å². The Morgan fingerprint density at radius 2 is 2.13 bits per heavy atom. The molecule has 5 nitrogen and oxygen atoms in total. The number of carbonyl (C=O) groups excluding carboxylic acids is 1. The lowest BCUT2D eigenvalue weighted by Crippen LogP contribution is -2.15. The highest BCUT2D eigenvalue weighted by atomic mass is 17.0. The van der Waals surface area contributed by atoms with E-state index in [2.05, 4.69) is 4.84 Å². The number of hydrogen-bond donors (Lipinski definition) is 0. The normalized spacial score (nSPS) is 9.40. The second-order valence-corrected chi connectivity index (χ2v) is 2.80. The molecule has 1 aromatic rings. The zero-order chi connectivity index (χ0) is 11.1. The predicted octanol–water partition coefficient (Wildman–Crippen LogP) is 1.91. The molecule has 0 saturated carbocycles. The number of para-hydroxylation sites is 1. The van der Waals surface area contributed by atoms with Gasteiger partial charge >= 0.3 is 5.09 Å². The van der Waals surface area contributed by atoms with Crippen LogP contribution in [0.25, 0.3) is 0 Å². The molecule has 5 heteroatoms. The molecule has 0 heterocycles. The van der Waals surface area contributed by atoms with E-state index in [-0.39, 0.29) is 17.4 Å². The van der Waals surface area contributed by atoms with Crippen LogP contribution in [-0.2, 0) is 4.84 Å². The zero-order valence-corrected chi connectivity index (χ0v) is 8.38. The molecule has 1 aromatic carbocycles. The molecule has 0 atom stereocenters. The predicted molar refractivity (Wildman–Crippen MR) is 52.3 cm³/mol. The highest BCUT2D eigenvalue weighted by Gasteiger charge is 2.16. The summed E-state index contributed by atoms with van der Waals surface area (Å²) in [7, 11) is 0. The van der Waals surface area contributed by atoms with E-state index in [1.54, 1.807) is 18.2 Å². The fourth-order valence-electron chi connectivity index (χ4n) is 0.934. The van der Waals surface area contributed by atoms with Crippen LogP contribution in [0.3, 0.4) is 0 Å². The Balaban J connectivity index is 2.63. The van der Waals surface area contributed by atoms with Gasteiger partial charge in [-0.05, 0) is 18.6 Å². The van der Waals surface area contributed by atoms with Gasteiger partial charge in [0.1, 0.15) is 4.91 Å². The van der Waals surface area contributed by atoms with Gasteiger partial charge in [-0.25, -0.2) is 0 Å². The minimum Gasteiger partial charge on any atom is -0.298 e. The minimum absolute atomic E-state index is 0.00579. The summed E-state index contributed by atoms with van der Waals surface area (Å²) in [6, 6.07) is 6.41. The van der Waals surface area contributed by atoms with Gasteiger partial charge in [-0.2, -0.15) is 4.84 Å². The number of aldehydes is 1. The van der Waals surface area contributed by atoms with E-state index < -0.39 is 0 Å². The summed E-state index contributed by atoms with van der Waals surface area (Å²) in [5.74, 6) is 0.179. The molecule has 0 unspecified atom stereocenters. The molecule has 0 amide bonds. The summed E-state index contributed by atoms with van der Waals surface area (Å²) in [4.78, 5) is 31.0. The SMILES string of the molecule is CCCO[N+](=O)Oc1ccccc1C=O. The second-order valence-electron chi connectivity index (χ2n) is 2.80. The number of hydrogen-bond acceptors (Lipinski definition) is 4. The summed E-state index contributed by atoms with van der Waals surface area (Å²) >= 11 is 0. The lowest BCUT2D eigenvalue weighted by atomic mass is 10.2. The fraction of sp³-hybridized carbons (Fsp3) is 0.300. The van der Waals surface area contributed by atoms with E-state index >= 15 is 0 Å².